The number of carbonyl (C=O) groups excluding carboxylic acids is 1. The molecule has 1 aliphatic heterocycles. The molecule has 5 nitrogen and oxygen atoms in total. The van der Waals surface area contributed by atoms with Crippen LogP contribution in [-0.2, 0) is 4.79 Å². The Hall–Kier alpha value is -2.01. The van der Waals surface area contributed by atoms with E-state index in [-0.39, 0.29) is 11.9 Å². The van der Waals surface area contributed by atoms with Gasteiger partial charge < -0.3 is 10.2 Å². The summed E-state index contributed by atoms with van der Waals surface area (Å²) < 4.78 is 0. The van der Waals surface area contributed by atoms with E-state index in [9.17, 15) is 4.79 Å². The molecule has 1 amide bonds. The van der Waals surface area contributed by atoms with Crippen LogP contribution in [0.4, 0.5) is 5.82 Å². The summed E-state index contributed by atoms with van der Waals surface area (Å²) in [6.07, 6.45) is 9.13. The molecule has 1 atom stereocenters. The molecule has 2 aliphatic rings. The summed E-state index contributed by atoms with van der Waals surface area (Å²) in [4.78, 5) is 14.7. The molecule has 0 bridgehead atoms. The number of halogens is 1. The van der Waals surface area contributed by atoms with Gasteiger partial charge in [-0.1, -0.05) is 43.0 Å². The molecular formula is C22H29ClN4O. The quantitative estimate of drug-likeness (QED) is 0.758. The zero-order chi connectivity index (χ0) is 19.3. The van der Waals surface area contributed by atoms with Crippen LogP contribution < -0.4 is 10.2 Å². The van der Waals surface area contributed by atoms with Crippen LogP contribution in [-0.4, -0.2) is 35.2 Å². The van der Waals surface area contributed by atoms with E-state index in [2.05, 4.69) is 26.5 Å². The Morgan fingerprint density at radius 2 is 1.93 bits per heavy atom. The normalized spacial score (nSPS) is 20.9. The second-order valence-corrected chi connectivity index (χ2v) is 8.64. The van der Waals surface area contributed by atoms with Gasteiger partial charge in [0.15, 0.2) is 5.82 Å². The van der Waals surface area contributed by atoms with Crippen molar-refractivity contribution in [2.24, 2.45) is 5.92 Å². The first-order valence-electron chi connectivity index (χ1n) is 10.5. The molecule has 2 aromatic rings. The van der Waals surface area contributed by atoms with E-state index in [1.807, 2.05) is 24.3 Å². The number of H-pyrrole nitrogens is 1. The molecule has 2 heterocycles. The number of piperidine rings is 1. The Morgan fingerprint density at radius 1 is 1.14 bits per heavy atom. The monoisotopic (exact) mass is 400 g/mol. The van der Waals surface area contributed by atoms with Crippen molar-refractivity contribution in [3.63, 3.8) is 0 Å². The molecule has 2 fully saturated rings. The average molecular weight is 401 g/mol. The van der Waals surface area contributed by atoms with Crippen LogP contribution >= 0.6 is 11.6 Å². The molecule has 28 heavy (non-hydrogen) atoms. The molecule has 1 aliphatic carbocycles. The molecule has 1 aromatic carbocycles. The third-order valence-corrected chi connectivity index (χ3v) is 6.28. The fourth-order valence-electron chi connectivity index (χ4n) is 4.49. The van der Waals surface area contributed by atoms with Gasteiger partial charge in [-0.25, -0.2) is 0 Å². The third-order valence-electron chi connectivity index (χ3n) is 6.03. The first-order chi connectivity index (χ1) is 13.7. The molecule has 0 spiro atoms. The van der Waals surface area contributed by atoms with Crippen LogP contribution in [0, 0.1) is 5.92 Å². The van der Waals surface area contributed by atoms with E-state index < -0.39 is 0 Å². The van der Waals surface area contributed by atoms with Crippen molar-refractivity contribution < 1.29 is 4.79 Å². The number of hydrogen-bond acceptors (Lipinski definition) is 3. The van der Waals surface area contributed by atoms with E-state index in [0.29, 0.717) is 12.3 Å². The van der Waals surface area contributed by atoms with Gasteiger partial charge in [0.2, 0.25) is 5.91 Å². The number of carbonyl (C=O) groups is 1. The lowest BCUT2D eigenvalue weighted by atomic mass is 9.87. The molecule has 2 N–H and O–H groups in total. The summed E-state index contributed by atoms with van der Waals surface area (Å²) in [6.45, 7) is 1.79. The number of rotatable bonds is 5. The van der Waals surface area contributed by atoms with Gasteiger partial charge in [0.25, 0.3) is 0 Å². The van der Waals surface area contributed by atoms with Crippen molar-refractivity contribution in [1.82, 2.24) is 15.5 Å². The number of anilines is 1. The van der Waals surface area contributed by atoms with E-state index >= 15 is 0 Å². The standard InChI is InChI=1S/C22H29ClN4O/c23-18-10-8-17(9-11-18)20-14-21(26-25-20)27-12-4-7-19(15-27)24-22(28)13-16-5-2-1-3-6-16/h8-11,14,16,19H,1-7,12-13,15H2,(H,24,28)(H,25,26)/t19-/m1/s1. The minimum Gasteiger partial charge on any atom is -0.353 e. The van der Waals surface area contributed by atoms with Crippen LogP contribution in [0.3, 0.4) is 0 Å². The number of nitrogens with one attached hydrogen (secondary N) is 2. The Morgan fingerprint density at radius 3 is 2.71 bits per heavy atom. The maximum absolute atomic E-state index is 12.5. The van der Waals surface area contributed by atoms with Crippen LogP contribution in [0.5, 0.6) is 0 Å². The lowest BCUT2D eigenvalue weighted by Crippen LogP contribution is -2.48. The van der Waals surface area contributed by atoms with Gasteiger partial charge in [0, 0.05) is 36.6 Å². The van der Waals surface area contributed by atoms with E-state index in [0.717, 1.165) is 48.0 Å². The number of aromatic nitrogens is 2. The predicted molar refractivity (Wildman–Crippen MR) is 114 cm³/mol. The van der Waals surface area contributed by atoms with Crippen LogP contribution in [0.25, 0.3) is 11.3 Å². The van der Waals surface area contributed by atoms with Gasteiger partial charge in [0.1, 0.15) is 0 Å². The van der Waals surface area contributed by atoms with E-state index in [1.165, 1.54) is 32.1 Å². The Balaban J connectivity index is 1.33. The molecule has 6 heteroatoms. The maximum Gasteiger partial charge on any atom is 0.220 e. The van der Waals surface area contributed by atoms with Crippen LogP contribution in [0.1, 0.15) is 51.4 Å². The van der Waals surface area contributed by atoms with Crippen molar-refractivity contribution in [2.75, 3.05) is 18.0 Å². The number of hydrogen-bond donors (Lipinski definition) is 2. The van der Waals surface area contributed by atoms with Gasteiger partial charge in [0.05, 0.1) is 5.69 Å². The number of nitrogens with zero attached hydrogens (tertiary/aromatic N) is 2. The van der Waals surface area contributed by atoms with Crippen molar-refractivity contribution in [3.05, 3.63) is 35.4 Å². The summed E-state index contributed by atoms with van der Waals surface area (Å²) in [5.41, 5.74) is 2.05. The van der Waals surface area contributed by atoms with Gasteiger partial charge in [-0.2, -0.15) is 5.10 Å². The first kappa shape index (κ1) is 19.3. The van der Waals surface area contributed by atoms with Gasteiger partial charge in [-0.05, 0) is 49.3 Å². The Bertz CT molecular complexity index is 782. The highest BCUT2D eigenvalue weighted by Crippen LogP contribution is 2.27. The van der Waals surface area contributed by atoms with Crippen molar-refractivity contribution in [2.45, 2.75) is 57.4 Å². The summed E-state index contributed by atoms with van der Waals surface area (Å²) in [5.74, 6) is 1.75. The summed E-state index contributed by atoms with van der Waals surface area (Å²) >= 11 is 5.98. The summed E-state index contributed by atoms with van der Waals surface area (Å²) in [7, 11) is 0. The van der Waals surface area contributed by atoms with Gasteiger partial charge >= 0.3 is 0 Å². The smallest absolute Gasteiger partial charge is 0.220 e. The second-order valence-electron chi connectivity index (χ2n) is 8.21. The predicted octanol–water partition coefficient (Wildman–Crippen LogP) is 4.79. The highest BCUT2D eigenvalue weighted by atomic mass is 35.5. The molecule has 1 saturated carbocycles. The number of benzene rings is 1. The van der Waals surface area contributed by atoms with Crippen molar-refractivity contribution in [1.29, 1.82) is 0 Å². The van der Waals surface area contributed by atoms with Crippen LogP contribution in [0.15, 0.2) is 30.3 Å². The first-order valence-corrected chi connectivity index (χ1v) is 10.9. The topological polar surface area (TPSA) is 61.0 Å². The Kier molecular flexibility index (Phi) is 6.20. The number of aromatic amines is 1. The van der Waals surface area contributed by atoms with E-state index in [1.54, 1.807) is 0 Å². The molecular weight excluding hydrogens is 372 g/mol. The highest BCUT2D eigenvalue weighted by molar-refractivity contribution is 6.30. The second kappa shape index (κ2) is 8.99. The summed E-state index contributed by atoms with van der Waals surface area (Å²) in [6, 6.07) is 10.0. The molecule has 150 valence electrons. The van der Waals surface area contributed by atoms with Crippen LogP contribution in [0.2, 0.25) is 5.02 Å². The molecule has 4 rings (SSSR count). The number of amides is 1. The SMILES string of the molecule is O=C(CC1CCCCC1)N[C@@H]1CCCN(c2cc(-c3ccc(Cl)cc3)[nH]n2)C1. The molecule has 1 aromatic heterocycles. The minimum absolute atomic E-state index is 0.209. The lowest BCUT2D eigenvalue weighted by Gasteiger charge is -2.33. The zero-order valence-electron chi connectivity index (χ0n) is 16.3. The third kappa shape index (κ3) is 4.88. The van der Waals surface area contributed by atoms with E-state index in [4.69, 9.17) is 11.6 Å². The fourth-order valence-corrected chi connectivity index (χ4v) is 4.62. The van der Waals surface area contributed by atoms with Crippen molar-refractivity contribution >= 4 is 23.3 Å². The summed E-state index contributed by atoms with van der Waals surface area (Å²) in [5, 5.41) is 11.6. The largest absolute Gasteiger partial charge is 0.353 e. The molecule has 0 unspecified atom stereocenters. The van der Waals surface area contributed by atoms with Crippen molar-refractivity contribution in [3.8, 4) is 11.3 Å². The van der Waals surface area contributed by atoms with Gasteiger partial charge in [-0.15, -0.1) is 0 Å². The molecule has 0 radical (unpaired) electrons. The van der Waals surface area contributed by atoms with Gasteiger partial charge in [-0.3, -0.25) is 9.89 Å². The maximum atomic E-state index is 12.5. The lowest BCUT2D eigenvalue weighted by molar-refractivity contribution is -0.123. The highest BCUT2D eigenvalue weighted by Gasteiger charge is 2.24. The molecule has 1 saturated heterocycles. The Labute approximate surface area is 171 Å². The average Bonchev–Trinajstić information content (AvgIpc) is 3.20. The fraction of sp³-hybridized carbons (Fsp3) is 0.545. The minimum atomic E-state index is 0.209. The zero-order valence-corrected chi connectivity index (χ0v) is 17.0.